The van der Waals surface area contributed by atoms with Crippen LogP contribution in [0.5, 0.6) is 0 Å². The summed E-state index contributed by atoms with van der Waals surface area (Å²) in [5.41, 5.74) is 5.46. The van der Waals surface area contributed by atoms with Crippen molar-refractivity contribution in [3.63, 3.8) is 0 Å². The number of ether oxygens (including phenoxy) is 1. The predicted molar refractivity (Wildman–Crippen MR) is 206 cm³/mol. The number of nitrogens with one attached hydrogen (secondary N) is 1. The van der Waals surface area contributed by atoms with Gasteiger partial charge in [0, 0.05) is 12.8 Å². The molecule has 0 saturated heterocycles. The van der Waals surface area contributed by atoms with Gasteiger partial charge in [0.25, 0.3) is 0 Å². The Bertz CT molecular complexity index is 953. The normalized spacial score (nSPS) is 13.4. The lowest BCUT2D eigenvalue weighted by Gasteiger charge is -2.15. The maximum Gasteiger partial charge on any atom is 0.326 e. The summed E-state index contributed by atoms with van der Waals surface area (Å²) in [7, 11) is 0. The Balaban J connectivity index is 4.42. The van der Waals surface area contributed by atoms with Crippen LogP contribution in [0, 0.1) is 0 Å². The highest BCUT2D eigenvalue weighted by Crippen LogP contribution is 2.15. The summed E-state index contributed by atoms with van der Waals surface area (Å²) >= 11 is 0. The fraction of sp³-hybridized carbons (Fsp3) is 0.690. The zero-order valence-electron chi connectivity index (χ0n) is 31.3. The van der Waals surface area contributed by atoms with Crippen molar-refractivity contribution in [3.8, 4) is 0 Å². The molecule has 0 fully saturated rings. The Labute approximate surface area is 300 Å². The first-order chi connectivity index (χ1) is 23.9. The van der Waals surface area contributed by atoms with Gasteiger partial charge in [0.2, 0.25) is 5.91 Å². The van der Waals surface area contributed by atoms with E-state index in [1.165, 1.54) is 25.7 Å². The van der Waals surface area contributed by atoms with Gasteiger partial charge in [0.15, 0.2) is 0 Å². The predicted octanol–water partition coefficient (Wildman–Crippen LogP) is 10.6. The topological polar surface area (TPSA) is 119 Å². The number of amides is 1. The van der Waals surface area contributed by atoms with Gasteiger partial charge in [-0.25, -0.2) is 4.79 Å². The van der Waals surface area contributed by atoms with Crippen molar-refractivity contribution in [2.75, 3.05) is 6.54 Å². The second kappa shape index (κ2) is 36.4. The molecule has 2 unspecified atom stereocenters. The minimum atomic E-state index is -1.01. The van der Waals surface area contributed by atoms with Crippen LogP contribution in [0.2, 0.25) is 0 Å². The molecule has 7 nitrogen and oxygen atoms in total. The SMILES string of the molecule is CC/C=C\C/C=C\C/C=C\CCCCCC(=O)OC(/C=C\C/C=C\CCCCCC)CCCCCCCCC(=O)NC(CCCN)C(=O)O. The van der Waals surface area contributed by atoms with Crippen molar-refractivity contribution >= 4 is 17.8 Å². The van der Waals surface area contributed by atoms with E-state index in [4.69, 9.17) is 10.5 Å². The molecule has 0 aliphatic carbocycles. The summed E-state index contributed by atoms with van der Waals surface area (Å²) in [5.74, 6) is -1.33. The Hall–Kier alpha value is -2.93. The Morgan fingerprint density at radius 2 is 1.18 bits per heavy atom. The van der Waals surface area contributed by atoms with Crippen LogP contribution >= 0.6 is 0 Å². The number of esters is 1. The van der Waals surface area contributed by atoms with E-state index < -0.39 is 12.0 Å². The number of unbranched alkanes of at least 4 members (excludes halogenated alkanes) is 12. The van der Waals surface area contributed by atoms with Crippen LogP contribution in [0.15, 0.2) is 60.8 Å². The molecule has 0 aliphatic rings. The van der Waals surface area contributed by atoms with Crippen molar-refractivity contribution in [1.82, 2.24) is 5.32 Å². The zero-order chi connectivity index (χ0) is 36.0. The number of hydrogen-bond acceptors (Lipinski definition) is 5. The average molecular weight is 685 g/mol. The molecule has 0 saturated carbocycles. The van der Waals surface area contributed by atoms with Crippen LogP contribution < -0.4 is 11.1 Å². The second-order valence-corrected chi connectivity index (χ2v) is 13.0. The summed E-state index contributed by atoms with van der Waals surface area (Å²) < 4.78 is 5.90. The van der Waals surface area contributed by atoms with Gasteiger partial charge in [-0.3, -0.25) is 9.59 Å². The van der Waals surface area contributed by atoms with Gasteiger partial charge in [-0.05, 0) is 103 Å². The monoisotopic (exact) mass is 685 g/mol. The van der Waals surface area contributed by atoms with Crippen molar-refractivity contribution in [1.29, 1.82) is 0 Å². The number of rotatable bonds is 34. The van der Waals surface area contributed by atoms with Crippen LogP contribution in [-0.4, -0.2) is 41.6 Å². The number of carboxylic acid groups (broad SMARTS) is 1. The Kier molecular flexibility index (Phi) is 34.2. The molecule has 2 atom stereocenters. The molecule has 0 bridgehead atoms. The molecule has 0 spiro atoms. The number of nitrogens with two attached hydrogens (primary N) is 1. The largest absolute Gasteiger partial charge is 0.480 e. The number of carboxylic acids is 1. The van der Waals surface area contributed by atoms with Crippen LogP contribution in [-0.2, 0) is 19.1 Å². The minimum Gasteiger partial charge on any atom is -0.480 e. The van der Waals surface area contributed by atoms with Gasteiger partial charge in [-0.1, -0.05) is 120 Å². The van der Waals surface area contributed by atoms with Gasteiger partial charge in [-0.15, -0.1) is 0 Å². The first-order valence-electron chi connectivity index (χ1n) is 19.6. The van der Waals surface area contributed by atoms with Crippen LogP contribution in [0.3, 0.4) is 0 Å². The van der Waals surface area contributed by atoms with Crippen LogP contribution in [0.1, 0.15) is 168 Å². The molecule has 7 heteroatoms. The maximum atomic E-state index is 12.7. The van der Waals surface area contributed by atoms with Crippen LogP contribution in [0.4, 0.5) is 0 Å². The van der Waals surface area contributed by atoms with Gasteiger partial charge in [0.05, 0.1) is 0 Å². The number of carbonyl (C=O) groups excluding carboxylic acids is 2. The van der Waals surface area contributed by atoms with Gasteiger partial charge >= 0.3 is 11.9 Å². The molecule has 0 aromatic rings. The minimum absolute atomic E-state index is 0.106. The third-order valence-corrected chi connectivity index (χ3v) is 8.30. The van der Waals surface area contributed by atoms with Gasteiger partial charge in [-0.2, -0.15) is 0 Å². The van der Waals surface area contributed by atoms with Crippen molar-refractivity contribution < 1.29 is 24.2 Å². The number of allylic oxidation sites excluding steroid dienone is 9. The molecule has 0 rings (SSSR count). The fourth-order valence-electron chi connectivity index (χ4n) is 5.35. The Morgan fingerprint density at radius 3 is 1.82 bits per heavy atom. The standard InChI is InChI=1S/C42H72N2O5/c1-3-5-7-9-11-13-14-15-16-18-20-26-30-36-41(46)49-38(32-27-23-19-17-12-10-8-6-4-2)33-28-24-21-22-25-29-35-40(45)44-39(42(47)48)34-31-37-43/h5,7,11,13,15-17,19,27,32,38-39H,3-4,6,8-10,12,14,18,20-26,28-31,33-37,43H2,1-2H3,(H,44,45)(H,47,48)/b7-5-,13-11-,16-15-,19-17-,32-27-. The lowest BCUT2D eigenvalue weighted by Crippen LogP contribution is -2.40. The molecule has 280 valence electrons. The molecular weight excluding hydrogens is 612 g/mol. The molecule has 0 radical (unpaired) electrons. The first kappa shape index (κ1) is 46.1. The highest BCUT2D eigenvalue weighted by molar-refractivity contribution is 5.83. The van der Waals surface area contributed by atoms with Crippen molar-refractivity contribution in [2.24, 2.45) is 5.73 Å². The van der Waals surface area contributed by atoms with E-state index in [1.54, 1.807) is 0 Å². The van der Waals surface area contributed by atoms with Crippen molar-refractivity contribution in [2.45, 2.75) is 180 Å². The third kappa shape index (κ3) is 33.3. The highest BCUT2D eigenvalue weighted by atomic mass is 16.5. The molecule has 0 aliphatic heterocycles. The highest BCUT2D eigenvalue weighted by Gasteiger charge is 2.18. The van der Waals surface area contributed by atoms with Gasteiger partial charge < -0.3 is 20.9 Å². The quantitative estimate of drug-likeness (QED) is 0.0353. The summed E-state index contributed by atoms with van der Waals surface area (Å²) in [4.78, 5) is 36.1. The van der Waals surface area contributed by atoms with E-state index in [1.807, 2.05) is 0 Å². The lowest BCUT2D eigenvalue weighted by molar-refractivity contribution is -0.147. The molecule has 1 amide bonds. The van der Waals surface area contributed by atoms with E-state index in [0.29, 0.717) is 32.2 Å². The van der Waals surface area contributed by atoms with Crippen molar-refractivity contribution in [3.05, 3.63) is 60.8 Å². The molecule has 4 N–H and O–H groups in total. The number of aliphatic carboxylic acids is 1. The maximum absolute atomic E-state index is 12.7. The summed E-state index contributed by atoms with van der Waals surface area (Å²) in [6.45, 7) is 4.79. The molecule has 0 aromatic carbocycles. The molecule has 0 heterocycles. The summed E-state index contributed by atoms with van der Waals surface area (Å²) in [6, 6.07) is -0.859. The van der Waals surface area contributed by atoms with E-state index in [0.717, 1.165) is 103 Å². The molecular formula is C42H72N2O5. The third-order valence-electron chi connectivity index (χ3n) is 8.30. The van der Waals surface area contributed by atoms with E-state index >= 15 is 0 Å². The lowest BCUT2D eigenvalue weighted by atomic mass is 10.0. The van der Waals surface area contributed by atoms with E-state index in [-0.39, 0.29) is 18.0 Å². The number of hydrogen-bond donors (Lipinski definition) is 3. The number of carbonyl (C=O) groups is 3. The smallest absolute Gasteiger partial charge is 0.326 e. The van der Waals surface area contributed by atoms with E-state index in [2.05, 4.69) is 79.9 Å². The molecule has 49 heavy (non-hydrogen) atoms. The first-order valence-corrected chi connectivity index (χ1v) is 19.6. The summed E-state index contributed by atoms with van der Waals surface area (Å²) in [5, 5.41) is 11.9. The van der Waals surface area contributed by atoms with Gasteiger partial charge in [0.1, 0.15) is 12.1 Å². The Morgan fingerprint density at radius 1 is 0.633 bits per heavy atom. The summed E-state index contributed by atoms with van der Waals surface area (Å²) in [6.07, 6.45) is 44.2. The van der Waals surface area contributed by atoms with E-state index in [9.17, 15) is 19.5 Å². The molecule has 0 aromatic heterocycles. The van der Waals surface area contributed by atoms with Crippen LogP contribution in [0.25, 0.3) is 0 Å². The second-order valence-electron chi connectivity index (χ2n) is 13.0. The fourth-order valence-corrected chi connectivity index (χ4v) is 5.35. The average Bonchev–Trinajstić information content (AvgIpc) is 3.08. The zero-order valence-corrected chi connectivity index (χ0v) is 31.3.